The van der Waals surface area contributed by atoms with Gasteiger partial charge in [-0.2, -0.15) is 0 Å². The quantitative estimate of drug-likeness (QED) is 0.735. The Hall–Kier alpha value is -2.63. The second-order valence-electron chi connectivity index (χ2n) is 4.20. The van der Waals surface area contributed by atoms with E-state index in [-0.39, 0.29) is 5.91 Å². The Balaban J connectivity index is 1.63. The first-order valence-electron chi connectivity index (χ1n) is 6.02. The minimum absolute atomic E-state index is 0.0804. The van der Waals surface area contributed by atoms with Crippen molar-refractivity contribution in [2.24, 2.45) is 0 Å². The third kappa shape index (κ3) is 2.47. The van der Waals surface area contributed by atoms with Gasteiger partial charge in [0.15, 0.2) is 0 Å². The summed E-state index contributed by atoms with van der Waals surface area (Å²) < 4.78 is 1.68. The zero-order chi connectivity index (χ0) is 13.1. The molecule has 19 heavy (non-hydrogen) atoms. The molecular formula is C13H13N5O. The van der Waals surface area contributed by atoms with Gasteiger partial charge in [0.05, 0.1) is 12.7 Å². The minimum atomic E-state index is -0.0804. The number of nitrogens with zero attached hydrogens (tertiary/aromatic N) is 3. The van der Waals surface area contributed by atoms with Crippen molar-refractivity contribution < 1.29 is 4.79 Å². The standard InChI is InChI=1S/C13H13N5O/c19-13(15-5-7-18-8-6-16-17-18)11-1-2-12-10(9-11)3-4-14-12/h1-4,6,8-9,14H,5,7H2,(H,15,19). The Labute approximate surface area is 109 Å². The average Bonchev–Trinajstić information content (AvgIpc) is 3.08. The number of H-pyrrole nitrogens is 1. The lowest BCUT2D eigenvalue weighted by Crippen LogP contribution is -2.27. The van der Waals surface area contributed by atoms with Crippen LogP contribution < -0.4 is 5.32 Å². The summed E-state index contributed by atoms with van der Waals surface area (Å²) in [5, 5.41) is 11.4. The summed E-state index contributed by atoms with van der Waals surface area (Å²) >= 11 is 0. The summed E-state index contributed by atoms with van der Waals surface area (Å²) in [5.41, 5.74) is 1.69. The highest BCUT2D eigenvalue weighted by molar-refractivity contribution is 5.98. The molecule has 0 saturated carbocycles. The first-order chi connectivity index (χ1) is 9.33. The van der Waals surface area contributed by atoms with E-state index in [0.29, 0.717) is 18.7 Å². The predicted octanol–water partition coefficient (Wildman–Crippen LogP) is 1.19. The second kappa shape index (κ2) is 4.93. The molecule has 0 radical (unpaired) electrons. The normalized spacial score (nSPS) is 10.7. The molecule has 0 aliphatic rings. The van der Waals surface area contributed by atoms with Gasteiger partial charge in [-0.25, -0.2) is 0 Å². The van der Waals surface area contributed by atoms with E-state index in [9.17, 15) is 4.79 Å². The number of benzene rings is 1. The van der Waals surface area contributed by atoms with Crippen LogP contribution in [0.25, 0.3) is 10.9 Å². The van der Waals surface area contributed by atoms with Gasteiger partial charge < -0.3 is 10.3 Å². The Morgan fingerprint density at radius 2 is 2.32 bits per heavy atom. The zero-order valence-electron chi connectivity index (χ0n) is 10.2. The van der Waals surface area contributed by atoms with Crippen molar-refractivity contribution in [1.29, 1.82) is 0 Å². The summed E-state index contributed by atoms with van der Waals surface area (Å²) in [4.78, 5) is 15.1. The number of hydrogen-bond donors (Lipinski definition) is 2. The Bertz CT molecular complexity index is 686. The smallest absolute Gasteiger partial charge is 0.251 e. The van der Waals surface area contributed by atoms with E-state index in [4.69, 9.17) is 0 Å². The van der Waals surface area contributed by atoms with E-state index < -0.39 is 0 Å². The van der Waals surface area contributed by atoms with Crippen LogP contribution in [0.4, 0.5) is 0 Å². The van der Waals surface area contributed by atoms with Gasteiger partial charge in [-0.1, -0.05) is 5.21 Å². The van der Waals surface area contributed by atoms with Crippen LogP contribution in [0.2, 0.25) is 0 Å². The molecule has 1 aromatic carbocycles. The van der Waals surface area contributed by atoms with Gasteiger partial charge in [-0.15, -0.1) is 5.10 Å². The van der Waals surface area contributed by atoms with Crippen molar-refractivity contribution in [2.75, 3.05) is 6.54 Å². The SMILES string of the molecule is O=C(NCCn1ccnn1)c1ccc2[nH]ccc2c1. The summed E-state index contributed by atoms with van der Waals surface area (Å²) in [5.74, 6) is -0.0804. The molecule has 0 spiro atoms. The van der Waals surface area contributed by atoms with Gasteiger partial charge in [-0.3, -0.25) is 9.48 Å². The Morgan fingerprint density at radius 3 is 3.16 bits per heavy atom. The number of carbonyl (C=O) groups excluding carboxylic acids is 1. The molecule has 3 rings (SSSR count). The molecule has 0 atom stereocenters. The maximum absolute atomic E-state index is 12.0. The van der Waals surface area contributed by atoms with Gasteiger partial charge in [-0.05, 0) is 24.3 Å². The monoisotopic (exact) mass is 255 g/mol. The molecule has 2 aromatic heterocycles. The predicted molar refractivity (Wildman–Crippen MR) is 70.7 cm³/mol. The van der Waals surface area contributed by atoms with Gasteiger partial charge in [0.1, 0.15) is 0 Å². The summed E-state index contributed by atoms with van der Waals surface area (Å²) in [6.45, 7) is 1.13. The molecule has 2 heterocycles. The number of aromatic nitrogens is 4. The summed E-state index contributed by atoms with van der Waals surface area (Å²) in [6.07, 6.45) is 5.23. The minimum Gasteiger partial charge on any atom is -0.361 e. The topological polar surface area (TPSA) is 75.6 Å². The van der Waals surface area contributed by atoms with Crippen LogP contribution in [0, 0.1) is 0 Å². The van der Waals surface area contributed by atoms with Crippen LogP contribution in [0.1, 0.15) is 10.4 Å². The molecule has 3 aromatic rings. The molecule has 1 amide bonds. The van der Waals surface area contributed by atoms with E-state index in [1.54, 1.807) is 17.1 Å². The highest BCUT2D eigenvalue weighted by atomic mass is 16.1. The molecule has 96 valence electrons. The number of fused-ring (bicyclic) bond motifs is 1. The van der Waals surface area contributed by atoms with E-state index >= 15 is 0 Å². The van der Waals surface area contributed by atoms with Crippen LogP contribution in [0.3, 0.4) is 0 Å². The van der Waals surface area contributed by atoms with E-state index in [1.807, 2.05) is 30.5 Å². The molecule has 2 N–H and O–H groups in total. The van der Waals surface area contributed by atoms with Crippen LogP contribution in [-0.4, -0.2) is 32.4 Å². The molecule has 0 saturated heterocycles. The first-order valence-corrected chi connectivity index (χ1v) is 6.02. The van der Waals surface area contributed by atoms with Crippen molar-refractivity contribution in [1.82, 2.24) is 25.3 Å². The fraction of sp³-hybridized carbons (Fsp3) is 0.154. The maximum Gasteiger partial charge on any atom is 0.251 e. The summed E-state index contributed by atoms with van der Waals surface area (Å²) in [6, 6.07) is 7.53. The Morgan fingerprint density at radius 1 is 1.37 bits per heavy atom. The van der Waals surface area contributed by atoms with Gasteiger partial charge >= 0.3 is 0 Å². The Kier molecular flexibility index (Phi) is 2.97. The highest BCUT2D eigenvalue weighted by Crippen LogP contribution is 2.13. The first kappa shape index (κ1) is 11.5. The molecule has 0 fully saturated rings. The van der Waals surface area contributed by atoms with E-state index in [1.165, 1.54) is 0 Å². The van der Waals surface area contributed by atoms with E-state index in [2.05, 4.69) is 20.6 Å². The molecule has 0 aliphatic heterocycles. The molecule has 6 nitrogen and oxygen atoms in total. The number of nitrogens with one attached hydrogen (secondary N) is 2. The molecule has 0 bridgehead atoms. The van der Waals surface area contributed by atoms with Gasteiger partial charge in [0.2, 0.25) is 0 Å². The fourth-order valence-corrected chi connectivity index (χ4v) is 1.93. The lowest BCUT2D eigenvalue weighted by atomic mass is 10.1. The lowest BCUT2D eigenvalue weighted by molar-refractivity contribution is 0.0952. The van der Waals surface area contributed by atoms with Gasteiger partial charge in [0.25, 0.3) is 5.91 Å². The third-order valence-electron chi connectivity index (χ3n) is 2.91. The molecule has 0 unspecified atom stereocenters. The van der Waals surface area contributed by atoms with Crippen molar-refractivity contribution in [3.8, 4) is 0 Å². The van der Waals surface area contributed by atoms with Crippen LogP contribution in [0.5, 0.6) is 0 Å². The summed E-state index contributed by atoms with van der Waals surface area (Å²) in [7, 11) is 0. The number of amides is 1. The van der Waals surface area contributed by atoms with Crippen LogP contribution >= 0.6 is 0 Å². The maximum atomic E-state index is 12.0. The molecular weight excluding hydrogens is 242 g/mol. The van der Waals surface area contributed by atoms with Crippen molar-refractivity contribution in [3.05, 3.63) is 48.4 Å². The van der Waals surface area contributed by atoms with Gasteiger partial charge in [0, 0.05) is 35.4 Å². The van der Waals surface area contributed by atoms with Crippen molar-refractivity contribution in [2.45, 2.75) is 6.54 Å². The third-order valence-corrected chi connectivity index (χ3v) is 2.91. The second-order valence-corrected chi connectivity index (χ2v) is 4.20. The number of rotatable bonds is 4. The van der Waals surface area contributed by atoms with Crippen LogP contribution in [0.15, 0.2) is 42.9 Å². The lowest BCUT2D eigenvalue weighted by Gasteiger charge is -2.05. The van der Waals surface area contributed by atoms with Crippen molar-refractivity contribution >= 4 is 16.8 Å². The largest absolute Gasteiger partial charge is 0.361 e. The van der Waals surface area contributed by atoms with Crippen molar-refractivity contribution in [3.63, 3.8) is 0 Å². The zero-order valence-corrected chi connectivity index (χ0v) is 10.2. The molecule has 0 aliphatic carbocycles. The number of aromatic amines is 1. The number of hydrogen-bond acceptors (Lipinski definition) is 3. The fourth-order valence-electron chi connectivity index (χ4n) is 1.93. The highest BCUT2D eigenvalue weighted by Gasteiger charge is 2.06. The average molecular weight is 255 g/mol. The van der Waals surface area contributed by atoms with E-state index in [0.717, 1.165) is 10.9 Å². The van der Waals surface area contributed by atoms with Crippen LogP contribution in [-0.2, 0) is 6.54 Å². The number of carbonyl (C=O) groups is 1. The molecule has 6 heteroatoms.